The van der Waals surface area contributed by atoms with E-state index in [1.54, 1.807) is 0 Å². The van der Waals surface area contributed by atoms with Crippen molar-refractivity contribution in [1.82, 2.24) is 14.5 Å². The number of aryl methyl sites for hydroxylation is 1. The third-order valence-corrected chi connectivity index (χ3v) is 3.56. The second kappa shape index (κ2) is 5.82. The summed E-state index contributed by atoms with van der Waals surface area (Å²) in [5.41, 5.74) is 0.597. The van der Waals surface area contributed by atoms with Gasteiger partial charge in [-0.05, 0) is 14.0 Å². The maximum atomic E-state index is 10.5. The van der Waals surface area contributed by atoms with Crippen LogP contribution in [0.4, 0.5) is 0 Å². The van der Waals surface area contributed by atoms with Gasteiger partial charge in [-0.25, -0.2) is 4.98 Å². The van der Waals surface area contributed by atoms with Gasteiger partial charge in [-0.1, -0.05) is 0 Å². The third-order valence-electron chi connectivity index (χ3n) is 3.56. The molecule has 0 radical (unpaired) electrons. The van der Waals surface area contributed by atoms with Gasteiger partial charge in [-0.3, -0.25) is 4.90 Å². The molecule has 0 amide bonds. The summed E-state index contributed by atoms with van der Waals surface area (Å²) < 4.78 is 7.43. The lowest BCUT2D eigenvalue weighted by Gasteiger charge is -2.35. The molecule has 1 saturated heterocycles. The Morgan fingerprint density at radius 2 is 2.22 bits per heavy atom. The SMILES string of the molecule is CCn1cncc1CN(C)CC1(O)CCOCC1. The number of rotatable bonds is 5. The molecular weight excluding hydrogens is 230 g/mol. The Kier molecular flexibility index (Phi) is 4.37. The molecule has 0 saturated carbocycles. The number of likely N-dealkylation sites (N-methyl/N-ethyl adjacent to an activating group) is 1. The first kappa shape index (κ1) is 13.5. The van der Waals surface area contributed by atoms with Crippen LogP contribution in [-0.4, -0.2) is 52.0 Å². The summed E-state index contributed by atoms with van der Waals surface area (Å²) in [7, 11) is 2.04. The number of ether oxygens (including phenoxy) is 1. The van der Waals surface area contributed by atoms with E-state index < -0.39 is 5.60 Å². The van der Waals surface area contributed by atoms with Crippen molar-refractivity contribution >= 4 is 0 Å². The van der Waals surface area contributed by atoms with E-state index in [1.165, 1.54) is 5.69 Å². The molecular formula is C13H23N3O2. The first-order valence-corrected chi connectivity index (χ1v) is 6.61. The van der Waals surface area contributed by atoms with Crippen LogP contribution in [0, 0.1) is 0 Å². The van der Waals surface area contributed by atoms with Crippen LogP contribution >= 0.6 is 0 Å². The Morgan fingerprint density at radius 3 is 2.89 bits per heavy atom. The molecule has 102 valence electrons. The highest BCUT2D eigenvalue weighted by atomic mass is 16.5. The summed E-state index contributed by atoms with van der Waals surface area (Å²) in [6, 6.07) is 0. The number of aromatic nitrogens is 2. The van der Waals surface area contributed by atoms with E-state index in [1.807, 2.05) is 19.6 Å². The molecule has 0 aliphatic carbocycles. The molecule has 0 atom stereocenters. The lowest BCUT2D eigenvalue weighted by molar-refractivity contribution is -0.0779. The zero-order chi connectivity index (χ0) is 13.0. The minimum atomic E-state index is -0.593. The molecule has 0 aromatic carbocycles. The van der Waals surface area contributed by atoms with Gasteiger partial charge < -0.3 is 14.4 Å². The summed E-state index contributed by atoms with van der Waals surface area (Å²) in [6.07, 6.45) is 5.20. The summed E-state index contributed by atoms with van der Waals surface area (Å²) in [6.45, 7) is 5.87. The Balaban J connectivity index is 1.90. The predicted octanol–water partition coefficient (Wildman–Crippen LogP) is 0.876. The van der Waals surface area contributed by atoms with Gasteiger partial charge in [-0.15, -0.1) is 0 Å². The lowest BCUT2D eigenvalue weighted by atomic mass is 9.94. The van der Waals surface area contributed by atoms with E-state index in [4.69, 9.17) is 4.74 Å². The van der Waals surface area contributed by atoms with Gasteiger partial charge in [0.25, 0.3) is 0 Å². The molecule has 1 aliphatic rings. The quantitative estimate of drug-likeness (QED) is 0.846. The van der Waals surface area contributed by atoms with Crippen molar-refractivity contribution in [3.8, 4) is 0 Å². The molecule has 18 heavy (non-hydrogen) atoms. The Labute approximate surface area is 108 Å². The largest absolute Gasteiger partial charge is 0.388 e. The van der Waals surface area contributed by atoms with Crippen LogP contribution in [0.2, 0.25) is 0 Å². The highest BCUT2D eigenvalue weighted by Crippen LogP contribution is 2.21. The molecule has 5 heteroatoms. The van der Waals surface area contributed by atoms with E-state index in [-0.39, 0.29) is 0 Å². The van der Waals surface area contributed by atoms with Crippen LogP contribution in [0.5, 0.6) is 0 Å². The number of hydrogen-bond donors (Lipinski definition) is 1. The van der Waals surface area contributed by atoms with E-state index in [9.17, 15) is 5.11 Å². The molecule has 0 bridgehead atoms. The van der Waals surface area contributed by atoms with Crippen LogP contribution in [-0.2, 0) is 17.8 Å². The number of nitrogens with zero attached hydrogens (tertiary/aromatic N) is 3. The average Bonchev–Trinajstić information content (AvgIpc) is 2.76. The molecule has 0 spiro atoms. The van der Waals surface area contributed by atoms with Crippen molar-refractivity contribution in [2.24, 2.45) is 0 Å². The molecule has 1 aromatic heterocycles. The van der Waals surface area contributed by atoms with Crippen molar-refractivity contribution in [1.29, 1.82) is 0 Å². The molecule has 1 fully saturated rings. The number of aliphatic hydroxyl groups is 1. The maximum Gasteiger partial charge on any atom is 0.0948 e. The summed E-state index contributed by atoms with van der Waals surface area (Å²) in [5, 5.41) is 10.5. The van der Waals surface area contributed by atoms with Crippen LogP contribution in [0.25, 0.3) is 0 Å². The van der Waals surface area contributed by atoms with Gasteiger partial charge in [0, 0.05) is 51.9 Å². The highest BCUT2D eigenvalue weighted by molar-refractivity contribution is 4.98. The fraction of sp³-hybridized carbons (Fsp3) is 0.769. The molecule has 1 N–H and O–H groups in total. The molecule has 2 heterocycles. The van der Waals surface area contributed by atoms with Gasteiger partial charge in [0.2, 0.25) is 0 Å². The molecule has 0 unspecified atom stereocenters. The summed E-state index contributed by atoms with van der Waals surface area (Å²) in [4.78, 5) is 6.33. The smallest absolute Gasteiger partial charge is 0.0948 e. The highest BCUT2D eigenvalue weighted by Gasteiger charge is 2.31. The van der Waals surface area contributed by atoms with Crippen molar-refractivity contribution < 1.29 is 9.84 Å². The van der Waals surface area contributed by atoms with E-state index in [0.717, 1.165) is 25.9 Å². The predicted molar refractivity (Wildman–Crippen MR) is 69.2 cm³/mol. The topological polar surface area (TPSA) is 50.5 Å². The van der Waals surface area contributed by atoms with Crippen molar-refractivity contribution in [3.05, 3.63) is 18.2 Å². The van der Waals surface area contributed by atoms with Gasteiger partial charge in [0.05, 0.1) is 17.6 Å². The standard InChI is InChI=1S/C13H23N3O2/c1-3-16-11-14-8-12(16)9-15(2)10-13(17)4-6-18-7-5-13/h8,11,17H,3-7,9-10H2,1-2H3. The fourth-order valence-electron chi connectivity index (χ4n) is 2.51. The fourth-order valence-corrected chi connectivity index (χ4v) is 2.51. The molecule has 5 nitrogen and oxygen atoms in total. The van der Waals surface area contributed by atoms with E-state index in [0.29, 0.717) is 19.8 Å². The van der Waals surface area contributed by atoms with Crippen molar-refractivity contribution in [2.75, 3.05) is 26.8 Å². The van der Waals surface area contributed by atoms with E-state index >= 15 is 0 Å². The Hall–Kier alpha value is -0.910. The van der Waals surface area contributed by atoms with Crippen LogP contribution < -0.4 is 0 Å². The van der Waals surface area contributed by atoms with Gasteiger partial charge in [0.1, 0.15) is 0 Å². The lowest BCUT2D eigenvalue weighted by Crippen LogP contribution is -2.45. The van der Waals surface area contributed by atoms with Crippen LogP contribution in [0.3, 0.4) is 0 Å². The van der Waals surface area contributed by atoms with E-state index in [2.05, 4.69) is 21.4 Å². The van der Waals surface area contributed by atoms with Crippen LogP contribution in [0.1, 0.15) is 25.5 Å². The normalized spacial score (nSPS) is 19.3. The molecule has 1 aromatic rings. The van der Waals surface area contributed by atoms with Crippen molar-refractivity contribution in [3.63, 3.8) is 0 Å². The second-order valence-corrected chi connectivity index (χ2v) is 5.18. The minimum Gasteiger partial charge on any atom is -0.388 e. The molecule has 2 rings (SSSR count). The van der Waals surface area contributed by atoms with Crippen molar-refractivity contribution in [2.45, 2.75) is 38.5 Å². The van der Waals surface area contributed by atoms with Crippen LogP contribution in [0.15, 0.2) is 12.5 Å². The first-order valence-electron chi connectivity index (χ1n) is 6.61. The molecule has 1 aliphatic heterocycles. The maximum absolute atomic E-state index is 10.5. The van der Waals surface area contributed by atoms with Gasteiger partial charge in [-0.2, -0.15) is 0 Å². The third kappa shape index (κ3) is 3.31. The first-order chi connectivity index (χ1) is 8.63. The monoisotopic (exact) mass is 253 g/mol. The Morgan fingerprint density at radius 1 is 1.50 bits per heavy atom. The number of hydrogen-bond acceptors (Lipinski definition) is 4. The van der Waals surface area contributed by atoms with Gasteiger partial charge in [0.15, 0.2) is 0 Å². The zero-order valence-electron chi connectivity index (χ0n) is 11.3. The number of imidazole rings is 1. The second-order valence-electron chi connectivity index (χ2n) is 5.18. The average molecular weight is 253 g/mol. The van der Waals surface area contributed by atoms with Gasteiger partial charge >= 0.3 is 0 Å². The summed E-state index contributed by atoms with van der Waals surface area (Å²) in [5.74, 6) is 0. The summed E-state index contributed by atoms with van der Waals surface area (Å²) >= 11 is 0. The minimum absolute atomic E-state index is 0.593. The zero-order valence-corrected chi connectivity index (χ0v) is 11.3. The Bertz CT molecular complexity index is 372.